The predicted molar refractivity (Wildman–Crippen MR) is 224 cm³/mol. The van der Waals surface area contributed by atoms with Gasteiger partial charge in [-0.2, -0.15) is 0 Å². The van der Waals surface area contributed by atoms with Crippen molar-refractivity contribution in [2.24, 2.45) is 5.73 Å². The third-order valence-electron chi connectivity index (χ3n) is 9.56. The summed E-state index contributed by atoms with van der Waals surface area (Å²) in [6, 6.07) is 0. The van der Waals surface area contributed by atoms with Gasteiger partial charge < -0.3 is 20.1 Å². The van der Waals surface area contributed by atoms with Crippen LogP contribution in [0.15, 0.2) is 24.3 Å². The molecule has 54 heavy (non-hydrogen) atoms. The zero-order chi connectivity index (χ0) is 39.6. The van der Waals surface area contributed by atoms with Gasteiger partial charge >= 0.3 is 19.8 Å². The van der Waals surface area contributed by atoms with Gasteiger partial charge in [0, 0.05) is 19.4 Å². The molecule has 0 saturated heterocycles. The topological polar surface area (TPSA) is 134 Å². The van der Waals surface area contributed by atoms with Crippen molar-refractivity contribution in [3.05, 3.63) is 24.3 Å². The summed E-state index contributed by atoms with van der Waals surface area (Å²) in [5.41, 5.74) is 5.35. The van der Waals surface area contributed by atoms with Crippen molar-refractivity contribution in [3.8, 4) is 0 Å². The lowest BCUT2D eigenvalue weighted by atomic mass is 10.1. The van der Waals surface area contributed by atoms with Crippen LogP contribution in [0.3, 0.4) is 0 Å². The maximum absolute atomic E-state index is 12.6. The molecule has 0 spiro atoms. The number of carbonyl (C=O) groups is 2. The highest BCUT2D eigenvalue weighted by molar-refractivity contribution is 7.47. The zero-order valence-corrected chi connectivity index (χ0v) is 35.9. The van der Waals surface area contributed by atoms with E-state index in [1.165, 1.54) is 128 Å². The van der Waals surface area contributed by atoms with Crippen molar-refractivity contribution >= 4 is 19.8 Å². The number of hydrogen-bond donors (Lipinski definition) is 2. The van der Waals surface area contributed by atoms with Crippen LogP contribution in [-0.2, 0) is 32.7 Å². The van der Waals surface area contributed by atoms with Crippen molar-refractivity contribution < 1.29 is 37.6 Å². The second-order valence-corrected chi connectivity index (χ2v) is 16.4. The first-order valence-corrected chi connectivity index (χ1v) is 23.8. The Hall–Kier alpha value is -1.51. The number of phosphoric ester groups is 1. The number of allylic oxidation sites excluding steroid dienone is 4. The normalized spacial score (nSPS) is 13.5. The number of rotatable bonds is 42. The third kappa shape index (κ3) is 40.2. The Labute approximate surface area is 332 Å². The molecule has 0 aliphatic heterocycles. The van der Waals surface area contributed by atoms with Gasteiger partial charge in [0.25, 0.3) is 0 Å². The highest BCUT2D eigenvalue weighted by Crippen LogP contribution is 2.43. The van der Waals surface area contributed by atoms with E-state index < -0.39 is 26.5 Å². The van der Waals surface area contributed by atoms with Crippen LogP contribution in [0.2, 0.25) is 0 Å². The minimum Gasteiger partial charge on any atom is -0.462 e. The number of esters is 2. The summed E-state index contributed by atoms with van der Waals surface area (Å²) in [5.74, 6) is -0.835. The largest absolute Gasteiger partial charge is 0.472 e. The Morgan fingerprint density at radius 1 is 0.537 bits per heavy atom. The number of unbranched alkanes of at least 4 members (excludes halogenated alkanes) is 25. The van der Waals surface area contributed by atoms with Crippen LogP contribution >= 0.6 is 7.82 Å². The molecule has 0 rings (SSSR count). The number of phosphoric acid groups is 1. The second kappa shape index (κ2) is 41.1. The quantitative estimate of drug-likeness (QED) is 0.0268. The number of hydrogen-bond acceptors (Lipinski definition) is 8. The van der Waals surface area contributed by atoms with E-state index in [0.29, 0.717) is 6.42 Å². The molecule has 0 aromatic carbocycles. The van der Waals surface area contributed by atoms with E-state index in [2.05, 4.69) is 38.2 Å². The molecule has 0 radical (unpaired) electrons. The lowest BCUT2D eigenvalue weighted by molar-refractivity contribution is -0.161. The molecule has 1 unspecified atom stereocenters. The average molecular weight is 786 g/mol. The lowest BCUT2D eigenvalue weighted by Crippen LogP contribution is -2.29. The second-order valence-electron chi connectivity index (χ2n) is 14.9. The Bertz CT molecular complexity index is 944. The summed E-state index contributed by atoms with van der Waals surface area (Å²) in [6.45, 7) is 3.72. The summed E-state index contributed by atoms with van der Waals surface area (Å²) in [7, 11) is -4.38. The summed E-state index contributed by atoms with van der Waals surface area (Å²) in [5, 5.41) is 0. The van der Waals surface area contributed by atoms with Crippen molar-refractivity contribution in [1.82, 2.24) is 0 Å². The monoisotopic (exact) mass is 786 g/mol. The van der Waals surface area contributed by atoms with Crippen LogP contribution in [0.5, 0.6) is 0 Å². The zero-order valence-electron chi connectivity index (χ0n) is 35.0. The van der Waals surface area contributed by atoms with E-state index in [0.717, 1.165) is 51.4 Å². The molecule has 0 bridgehead atoms. The van der Waals surface area contributed by atoms with Crippen LogP contribution in [0, 0.1) is 0 Å². The smallest absolute Gasteiger partial charge is 0.462 e. The van der Waals surface area contributed by atoms with Gasteiger partial charge in [0.1, 0.15) is 6.61 Å². The van der Waals surface area contributed by atoms with Crippen molar-refractivity contribution in [2.45, 2.75) is 219 Å². The van der Waals surface area contributed by atoms with Crippen molar-refractivity contribution in [1.29, 1.82) is 0 Å². The van der Waals surface area contributed by atoms with Gasteiger partial charge in [-0.15, -0.1) is 0 Å². The molecule has 0 fully saturated rings. The maximum atomic E-state index is 12.6. The van der Waals surface area contributed by atoms with Crippen molar-refractivity contribution in [2.75, 3.05) is 26.4 Å². The number of nitrogens with two attached hydrogens (primary N) is 1. The molecule has 2 atom stereocenters. The van der Waals surface area contributed by atoms with E-state index in [1.54, 1.807) is 0 Å². The molecule has 0 aromatic heterocycles. The minimum absolute atomic E-state index is 0.0529. The SMILES string of the molecule is CCCCCCC/C=C/CCCCCCCC(=O)O[C@@H](COC(=O)CCCCCCCCCCC/C=C/CCCCCCCC)COP(=O)(O)OCCN. The molecular formula is C44H84NO8P. The van der Waals surface area contributed by atoms with Crippen molar-refractivity contribution in [3.63, 3.8) is 0 Å². The molecule has 318 valence electrons. The molecule has 0 aromatic rings. The molecule has 0 aliphatic rings. The van der Waals surface area contributed by atoms with Gasteiger partial charge in [-0.25, -0.2) is 4.57 Å². The maximum Gasteiger partial charge on any atom is 0.472 e. The fourth-order valence-corrected chi connectivity index (χ4v) is 6.98. The first kappa shape index (κ1) is 52.5. The van der Waals surface area contributed by atoms with Gasteiger partial charge in [-0.05, 0) is 64.2 Å². The van der Waals surface area contributed by atoms with Crippen LogP contribution in [0.1, 0.15) is 213 Å². The molecule has 0 aliphatic carbocycles. The summed E-state index contributed by atoms with van der Waals surface area (Å²) < 4.78 is 32.8. The molecule has 10 heteroatoms. The van der Waals surface area contributed by atoms with Crippen LogP contribution in [0.25, 0.3) is 0 Å². The van der Waals surface area contributed by atoms with Crippen LogP contribution in [-0.4, -0.2) is 49.3 Å². The Morgan fingerprint density at radius 3 is 1.31 bits per heavy atom. The molecular weight excluding hydrogens is 701 g/mol. The highest BCUT2D eigenvalue weighted by atomic mass is 31.2. The van der Waals surface area contributed by atoms with E-state index in [9.17, 15) is 19.0 Å². The fraction of sp³-hybridized carbons (Fsp3) is 0.864. The average Bonchev–Trinajstić information content (AvgIpc) is 3.16. The molecule has 0 heterocycles. The molecule has 3 N–H and O–H groups in total. The Kier molecular flexibility index (Phi) is 40.0. The fourth-order valence-electron chi connectivity index (χ4n) is 6.21. The lowest BCUT2D eigenvalue weighted by Gasteiger charge is -2.19. The minimum atomic E-state index is -4.38. The summed E-state index contributed by atoms with van der Waals surface area (Å²) in [4.78, 5) is 34.9. The highest BCUT2D eigenvalue weighted by Gasteiger charge is 2.26. The number of ether oxygens (including phenoxy) is 2. The van der Waals surface area contributed by atoms with Gasteiger partial charge in [0.2, 0.25) is 0 Å². The van der Waals surface area contributed by atoms with E-state index in [4.69, 9.17) is 24.3 Å². The molecule has 0 saturated carbocycles. The molecule has 0 amide bonds. The van der Waals surface area contributed by atoms with E-state index in [-0.39, 0.29) is 38.6 Å². The van der Waals surface area contributed by atoms with Gasteiger partial charge in [-0.3, -0.25) is 18.6 Å². The van der Waals surface area contributed by atoms with Gasteiger partial charge in [0.05, 0.1) is 13.2 Å². The van der Waals surface area contributed by atoms with E-state index in [1.807, 2.05) is 0 Å². The Morgan fingerprint density at radius 2 is 0.907 bits per heavy atom. The number of carbonyl (C=O) groups excluding carboxylic acids is 2. The standard InChI is InChI=1S/C44H84NO8P/c1-3-5-7-9-11-13-15-17-19-20-21-22-23-25-26-28-30-32-34-36-43(46)50-40-42(41-52-54(48,49)51-39-38-45)53-44(47)37-35-33-31-29-27-24-18-16-14-12-10-8-6-4-2/h16-19,42H,3-15,20-41,45H2,1-2H3,(H,48,49)/b18-16+,19-17+/t42-/m0/s1. The predicted octanol–water partition coefficient (Wildman–Crippen LogP) is 12.8. The van der Waals surface area contributed by atoms with Gasteiger partial charge in [0.15, 0.2) is 6.10 Å². The van der Waals surface area contributed by atoms with Crippen LogP contribution < -0.4 is 5.73 Å². The van der Waals surface area contributed by atoms with E-state index >= 15 is 0 Å². The third-order valence-corrected chi connectivity index (χ3v) is 10.5. The first-order chi connectivity index (χ1) is 26.3. The molecule has 9 nitrogen and oxygen atoms in total. The first-order valence-electron chi connectivity index (χ1n) is 22.3. The Balaban J connectivity index is 4.11. The summed E-state index contributed by atoms with van der Waals surface area (Å²) >= 11 is 0. The summed E-state index contributed by atoms with van der Waals surface area (Å²) in [6.07, 6.45) is 43.5. The van der Waals surface area contributed by atoms with Crippen LogP contribution in [0.4, 0.5) is 0 Å². The van der Waals surface area contributed by atoms with Gasteiger partial charge in [-0.1, -0.05) is 160 Å².